The summed E-state index contributed by atoms with van der Waals surface area (Å²) in [6.07, 6.45) is 13.5. The molecule has 1 N–H and O–H groups in total. The molecule has 0 saturated heterocycles. The molecule has 0 aromatic carbocycles. The Hall–Kier alpha value is -1.88. The molecule has 0 saturated carbocycles. The van der Waals surface area contributed by atoms with Crippen molar-refractivity contribution >= 4 is 17.5 Å². The third-order valence-corrected chi connectivity index (χ3v) is 3.07. The van der Waals surface area contributed by atoms with Crippen LogP contribution in [0.1, 0.15) is 31.9 Å². The number of fused-ring (bicyclic) bond motifs is 1. The number of nitrogens with one attached hydrogen (secondary N) is 1. The van der Waals surface area contributed by atoms with E-state index in [-0.39, 0.29) is 0 Å². The predicted molar refractivity (Wildman–Crippen MR) is 81.9 cm³/mol. The Labute approximate surface area is 119 Å². The van der Waals surface area contributed by atoms with E-state index >= 15 is 0 Å². The molecule has 0 unspecified atom stereocenters. The third-order valence-electron chi connectivity index (χ3n) is 3.07. The van der Waals surface area contributed by atoms with Crippen LogP contribution in [0.25, 0.3) is 11.7 Å². The number of aromatic nitrogens is 3. The van der Waals surface area contributed by atoms with Gasteiger partial charge in [0.2, 0.25) is 0 Å². The van der Waals surface area contributed by atoms with E-state index in [0.29, 0.717) is 6.61 Å². The van der Waals surface area contributed by atoms with Crippen molar-refractivity contribution in [3.8, 4) is 0 Å². The summed E-state index contributed by atoms with van der Waals surface area (Å²) >= 11 is 0. The number of allylic oxidation sites excluding steroid dienone is 1. The van der Waals surface area contributed by atoms with E-state index < -0.39 is 0 Å². The second kappa shape index (κ2) is 7.65. The number of hydrogen-bond donors (Lipinski definition) is 1. The summed E-state index contributed by atoms with van der Waals surface area (Å²) < 4.78 is 7.07. The molecule has 2 heterocycles. The molecule has 0 spiro atoms. The summed E-state index contributed by atoms with van der Waals surface area (Å²) in [6.45, 7) is 3.57. The van der Waals surface area contributed by atoms with Crippen molar-refractivity contribution in [3.05, 3.63) is 30.4 Å². The number of ether oxygens (including phenoxy) is 1. The van der Waals surface area contributed by atoms with E-state index in [2.05, 4.69) is 34.4 Å². The van der Waals surface area contributed by atoms with Crippen LogP contribution >= 0.6 is 0 Å². The molecule has 108 valence electrons. The topological polar surface area (TPSA) is 51.5 Å². The van der Waals surface area contributed by atoms with E-state index in [9.17, 15) is 0 Å². The molecular formula is C15H22N4O. The van der Waals surface area contributed by atoms with Crippen LogP contribution in [0.15, 0.2) is 24.7 Å². The van der Waals surface area contributed by atoms with Crippen molar-refractivity contribution in [1.82, 2.24) is 14.4 Å². The molecular weight excluding hydrogens is 252 g/mol. The van der Waals surface area contributed by atoms with Crippen LogP contribution in [-0.4, -0.2) is 34.6 Å². The molecule has 5 heteroatoms. The van der Waals surface area contributed by atoms with E-state index in [1.54, 1.807) is 13.3 Å². The Morgan fingerprint density at radius 2 is 2.30 bits per heavy atom. The highest BCUT2D eigenvalue weighted by Gasteiger charge is 2.06. The SMILES string of the molecule is CCCC/C=C\c1cnc2c(NCCOC)nccn12. The van der Waals surface area contributed by atoms with Gasteiger partial charge in [-0.15, -0.1) is 0 Å². The lowest BCUT2D eigenvalue weighted by Crippen LogP contribution is -2.10. The van der Waals surface area contributed by atoms with Crippen molar-refractivity contribution in [2.45, 2.75) is 26.2 Å². The molecule has 0 aliphatic rings. The van der Waals surface area contributed by atoms with Crippen molar-refractivity contribution in [1.29, 1.82) is 0 Å². The lowest BCUT2D eigenvalue weighted by Gasteiger charge is -2.06. The van der Waals surface area contributed by atoms with Crippen LogP contribution in [-0.2, 0) is 4.74 Å². The maximum Gasteiger partial charge on any atom is 0.180 e. The average molecular weight is 274 g/mol. The zero-order valence-corrected chi connectivity index (χ0v) is 12.2. The molecule has 0 aliphatic carbocycles. The highest BCUT2D eigenvalue weighted by atomic mass is 16.5. The Morgan fingerprint density at radius 3 is 3.10 bits per heavy atom. The van der Waals surface area contributed by atoms with Crippen LogP contribution in [0, 0.1) is 0 Å². The highest BCUT2D eigenvalue weighted by molar-refractivity contribution is 5.65. The second-order valence-corrected chi connectivity index (χ2v) is 4.62. The van der Waals surface area contributed by atoms with Gasteiger partial charge in [-0.3, -0.25) is 4.40 Å². The van der Waals surface area contributed by atoms with Crippen LogP contribution in [0.2, 0.25) is 0 Å². The van der Waals surface area contributed by atoms with Gasteiger partial charge >= 0.3 is 0 Å². The van der Waals surface area contributed by atoms with E-state index in [1.807, 2.05) is 16.8 Å². The van der Waals surface area contributed by atoms with Gasteiger partial charge in [-0.1, -0.05) is 25.8 Å². The fourth-order valence-electron chi connectivity index (χ4n) is 1.98. The van der Waals surface area contributed by atoms with Gasteiger partial charge in [-0.05, 0) is 12.5 Å². The molecule has 2 aromatic heterocycles. The molecule has 0 bridgehead atoms. The minimum atomic E-state index is 0.646. The molecule has 2 aromatic rings. The molecule has 0 amide bonds. The second-order valence-electron chi connectivity index (χ2n) is 4.62. The quantitative estimate of drug-likeness (QED) is 0.752. The number of imidazole rings is 1. The summed E-state index contributed by atoms with van der Waals surface area (Å²) in [5.74, 6) is 0.790. The van der Waals surface area contributed by atoms with E-state index in [4.69, 9.17) is 4.74 Å². The fourth-order valence-corrected chi connectivity index (χ4v) is 1.98. The van der Waals surface area contributed by atoms with Gasteiger partial charge in [0, 0.05) is 26.0 Å². The van der Waals surface area contributed by atoms with Gasteiger partial charge in [-0.2, -0.15) is 0 Å². The highest BCUT2D eigenvalue weighted by Crippen LogP contribution is 2.15. The van der Waals surface area contributed by atoms with E-state index in [0.717, 1.165) is 30.1 Å². The van der Waals surface area contributed by atoms with Gasteiger partial charge in [0.05, 0.1) is 18.5 Å². The van der Waals surface area contributed by atoms with Gasteiger partial charge in [0.1, 0.15) is 0 Å². The zero-order chi connectivity index (χ0) is 14.2. The van der Waals surface area contributed by atoms with Gasteiger partial charge < -0.3 is 10.1 Å². The number of anilines is 1. The van der Waals surface area contributed by atoms with Crippen LogP contribution in [0.4, 0.5) is 5.82 Å². The monoisotopic (exact) mass is 274 g/mol. The molecule has 0 fully saturated rings. The van der Waals surface area contributed by atoms with Gasteiger partial charge in [0.15, 0.2) is 11.5 Å². The maximum atomic E-state index is 5.03. The van der Waals surface area contributed by atoms with Crippen LogP contribution in [0.5, 0.6) is 0 Å². The summed E-state index contributed by atoms with van der Waals surface area (Å²) in [7, 11) is 1.68. The Kier molecular flexibility index (Phi) is 5.55. The van der Waals surface area contributed by atoms with E-state index in [1.165, 1.54) is 12.8 Å². The lowest BCUT2D eigenvalue weighted by atomic mass is 10.2. The smallest absolute Gasteiger partial charge is 0.180 e. The number of unbranched alkanes of at least 4 members (excludes halogenated alkanes) is 2. The maximum absolute atomic E-state index is 5.03. The number of rotatable bonds is 8. The molecule has 5 nitrogen and oxygen atoms in total. The number of hydrogen-bond acceptors (Lipinski definition) is 4. The first-order valence-electron chi connectivity index (χ1n) is 7.08. The first-order chi connectivity index (χ1) is 9.86. The van der Waals surface area contributed by atoms with Crippen molar-refractivity contribution in [2.24, 2.45) is 0 Å². The molecule has 0 aliphatic heterocycles. The fraction of sp³-hybridized carbons (Fsp3) is 0.467. The minimum absolute atomic E-state index is 0.646. The Morgan fingerprint density at radius 1 is 1.40 bits per heavy atom. The van der Waals surface area contributed by atoms with Crippen LogP contribution < -0.4 is 5.32 Å². The molecule has 0 atom stereocenters. The normalized spacial score (nSPS) is 11.5. The summed E-state index contributed by atoms with van der Waals surface area (Å²) in [5.41, 5.74) is 1.92. The number of methoxy groups -OCH3 is 1. The van der Waals surface area contributed by atoms with Crippen molar-refractivity contribution < 1.29 is 4.74 Å². The van der Waals surface area contributed by atoms with Gasteiger partial charge in [0.25, 0.3) is 0 Å². The average Bonchev–Trinajstić information content (AvgIpc) is 2.88. The van der Waals surface area contributed by atoms with Crippen molar-refractivity contribution in [2.75, 3.05) is 25.6 Å². The Bertz CT molecular complexity index is 562. The first kappa shape index (κ1) is 14.5. The first-order valence-corrected chi connectivity index (χ1v) is 7.08. The third kappa shape index (κ3) is 3.57. The summed E-state index contributed by atoms with van der Waals surface area (Å²) in [6, 6.07) is 0. The zero-order valence-electron chi connectivity index (χ0n) is 12.2. The van der Waals surface area contributed by atoms with Crippen molar-refractivity contribution in [3.63, 3.8) is 0 Å². The number of nitrogens with zero attached hydrogens (tertiary/aromatic N) is 3. The molecule has 0 radical (unpaired) electrons. The van der Waals surface area contributed by atoms with Crippen LogP contribution in [0.3, 0.4) is 0 Å². The largest absolute Gasteiger partial charge is 0.383 e. The predicted octanol–water partition coefficient (Wildman–Crippen LogP) is 2.99. The summed E-state index contributed by atoms with van der Waals surface area (Å²) in [4.78, 5) is 8.77. The minimum Gasteiger partial charge on any atom is -0.383 e. The Balaban J connectivity index is 2.14. The molecule has 2 rings (SSSR count). The standard InChI is InChI=1S/C15H22N4O/c1-3-4-5-6-7-13-12-18-15-14(17-9-11-20-2)16-8-10-19(13)15/h6-8,10,12H,3-5,9,11H2,1-2H3,(H,16,17)/b7-6-. The summed E-state index contributed by atoms with van der Waals surface area (Å²) in [5, 5.41) is 3.23. The van der Waals surface area contributed by atoms with Gasteiger partial charge in [-0.25, -0.2) is 9.97 Å². The molecule has 20 heavy (non-hydrogen) atoms. The lowest BCUT2D eigenvalue weighted by molar-refractivity contribution is 0.210.